The van der Waals surface area contributed by atoms with Crippen molar-refractivity contribution in [2.24, 2.45) is 11.6 Å². The first-order chi connectivity index (χ1) is 4.68. The van der Waals surface area contributed by atoms with Crippen LogP contribution in [0.5, 0.6) is 0 Å². The third-order valence-corrected chi connectivity index (χ3v) is 1.68. The molecule has 3 nitrogen and oxygen atoms in total. The molecule has 0 rings (SSSR count). The number of nitrogens with two attached hydrogens (primary N) is 2. The summed E-state index contributed by atoms with van der Waals surface area (Å²) >= 11 is 0. The summed E-state index contributed by atoms with van der Waals surface area (Å²) in [6.07, 6.45) is 4.02. The highest BCUT2D eigenvalue weighted by atomic mass is 15.3. The molecule has 0 bridgehead atoms. The summed E-state index contributed by atoms with van der Waals surface area (Å²) in [6.45, 7) is 4.21. The van der Waals surface area contributed by atoms with Crippen LogP contribution in [0.4, 0.5) is 0 Å². The van der Waals surface area contributed by atoms with Crippen LogP contribution in [0.1, 0.15) is 39.5 Å². The van der Waals surface area contributed by atoms with Crippen LogP contribution in [0.2, 0.25) is 0 Å². The summed E-state index contributed by atoms with van der Waals surface area (Å²) in [5.74, 6) is 5.30. The Morgan fingerprint density at radius 1 is 1.20 bits per heavy atom. The van der Waals surface area contributed by atoms with E-state index < -0.39 is 0 Å². The molecule has 0 saturated carbocycles. The molecule has 5 N–H and O–H groups in total. The molecule has 10 heavy (non-hydrogen) atoms. The maximum atomic E-state index is 5.88. The van der Waals surface area contributed by atoms with Crippen LogP contribution in [-0.2, 0) is 0 Å². The van der Waals surface area contributed by atoms with E-state index in [0.29, 0.717) is 0 Å². The Labute approximate surface area is 63.1 Å². The highest BCUT2D eigenvalue weighted by Crippen LogP contribution is 2.10. The van der Waals surface area contributed by atoms with Crippen molar-refractivity contribution in [3.8, 4) is 0 Å². The summed E-state index contributed by atoms with van der Waals surface area (Å²) < 4.78 is 0. The number of rotatable bonds is 5. The minimum Gasteiger partial charge on any atom is -0.312 e. The molecule has 0 amide bonds. The van der Waals surface area contributed by atoms with Crippen molar-refractivity contribution in [3.05, 3.63) is 0 Å². The summed E-state index contributed by atoms with van der Waals surface area (Å²) in [7, 11) is 0. The largest absolute Gasteiger partial charge is 0.312 e. The summed E-state index contributed by atoms with van der Waals surface area (Å²) in [5, 5.41) is 0. The van der Waals surface area contributed by atoms with Crippen molar-refractivity contribution in [3.63, 3.8) is 0 Å². The van der Waals surface area contributed by atoms with Gasteiger partial charge in [-0.15, -0.1) is 0 Å². The molecule has 0 radical (unpaired) electrons. The van der Waals surface area contributed by atoms with Gasteiger partial charge in [0.1, 0.15) is 0 Å². The zero-order chi connectivity index (χ0) is 8.04. The maximum absolute atomic E-state index is 5.88. The Kier molecular flexibility index (Phi) is 4.60. The molecule has 62 valence electrons. The Morgan fingerprint density at radius 3 is 1.80 bits per heavy atom. The van der Waals surface area contributed by atoms with Crippen molar-refractivity contribution in [1.29, 1.82) is 0 Å². The molecule has 0 unspecified atom stereocenters. The van der Waals surface area contributed by atoms with Crippen molar-refractivity contribution in [2.75, 3.05) is 0 Å². The van der Waals surface area contributed by atoms with Gasteiger partial charge < -0.3 is 5.73 Å². The van der Waals surface area contributed by atoms with E-state index in [2.05, 4.69) is 19.3 Å². The molecule has 0 aliphatic heterocycles. The van der Waals surface area contributed by atoms with Gasteiger partial charge in [0.05, 0.1) is 5.66 Å². The van der Waals surface area contributed by atoms with Crippen LogP contribution in [0.15, 0.2) is 0 Å². The standard InChI is InChI=1S/C7H19N3/c1-3-5-7(8,10-9)6-4-2/h10H,3-6,8-9H2,1-2H3. The Balaban J connectivity index is 3.69. The zero-order valence-electron chi connectivity index (χ0n) is 6.98. The van der Waals surface area contributed by atoms with Gasteiger partial charge in [0.25, 0.3) is 0 Å². The minimum atomic E-state index is -0.330. The quantitative estimate of drug-likeness (QED) is 0.303. The second-order valence-electron chi connectivity index (χ2n) is 2.80. The van der Waals surface area contributed by atoms with E-state index in [1.165, 1.54) is 0 Å². The zero-order valence-corrected chi connectivity index (χ0v) is 6.98. The molecule has 0 atom stereocenters. The molecule has 0 saturated heterocycles. The molecule has 0 aromatic heterocycles. The van der Waals surface area contributed by atoms with Crippen LogP contribution in [0.25, 0.3) is 0 Å². The first-order valence-electron chi connectivity index (χ1n) is 3.95. The van der Waals surface area contributed by atoms with Gasteiger partial charge in [-0.3, -0.25) is 5.84 Å². The number of hydrogen-bond acceptors (Lipinski definition) is 3. The van der Waals surface area contributed by atoms with E-state index in [0.717, 1.165) is 25.7 Å². The third kappa shape index (κ3) is 3.15. The van der Waals surface area contributed by atoms with Crippen molar-refractivity contribution in [1.82, 2.24) is 5.43 Å². The molecule has 0 spiro atoms. The molecule has 3 heteroatoms. The van der Waals surface area contributed by atoms with Gasteiger partial charge in [-0.05, 0) is 12.8 Å². The highest BCUT2D eigenvalue weighted by molar-refractivity contribution is 4.76. The Bertz CT molecular complexity index is 76.9. The summed E-state index contributed by atoms with van der Waals surface area (Å²) in [4.78, 5) is 0. The fraction of sp³-hybridized carbons (Fsp3) is 1.00. The van der Waals surface area contributed by atoms with Crippen LogP contribution in [-0.4, -0.2) is 5.66 Å². The van der Waals surface area contributed by atoms with E-state index in [9.17, 15) is 0 Å². The number of hydrogen-bond donors (Lipinski definition) is 3. The van der Waals surface area contributed by atoms with Gasteiger partial charge in [0.15, 0.2) is 0 Å². The van der Waals surface area contributed by atoms with E-state index in [1.54, 1.807) is 0 Å². The first kappa shape index (κ1) is 9.88. The van der Waals surface area contributed by atoms with Gasteiger partial charge in [-0.1, -0.05) is 26.7 Å². The van der Waals surface area contributed by atoms with Gasteiger partial charge in [-0.25, -0.2) is 5.43 Å². The van der Waals surface area contributed by atoms with Gasteiger partial charge in [0, 0.05) is 0 Å². The van der Waals surface area contributed by atoms with Crippen molar-refractivity contribution < 1.29 is 0 Å². The topological polar surface area (TPSA) is 64.1 Å². The van der Waals surface area contributed by atoms with Crippen molar-refractivity contribution >= 4 is 0 Å². The van der Waals surface area contributed by atoms with E-state index in [-0.39, 0.29) is 5.66 Å². The summed E-state index contributed by atoms with van der Waals surface area (Å²) in [6, 6.07) is 0. The Hall–Kier alpha value is -0.120. The fourth-order valence-corrected chi connectivity index (χ4v) is 1.16. The molecule has 0 aromatic rings. The van der Waals surface area contributed by atoms with Crippen LogP contribution in [0.3, 0.4) is 0 Å². The molecule has 0 aliphatic rings. The molecule has 0 aliphatic carbocycles. The molecule has 0 heterocycles. The maximum Gasteiger partial charge on any atom is 0.0789 e. The highest BCUT2D eigenvalue weighted by Gasteiger charge is 2.19. The molecular weight excluding hydrogens is 126 g/mol. The van der Waals surface area contributed by atoms with E-state index in [1.807, 2.05) is 0 Å². The lowest BCUT2D eigenvalue weighted by Crippen LogP contribution is -2.56. The number of nitrogens with one attached hydrogen (secondary N) is 1. The van der Waals surface area contributed by atoms with Crippen molar-refractivity contribution in [2.45, 2.75) is 45.2 Å². The first-order valence-corrected chi connectivity index (χ1v) is 3.95. The van der Waals surface area contributed by atoms with Gasteiger partial charge >= 0.3 is 0 Å². The second kappa shape index (κ2) is 4.66. The third-order valence-electron chi connectivity index (χ3n) is 1.68. The van der Waals surface area contributed by atoms with E-state index in [4.69, 9.17) is 11.6 Å². The van der Waals surface area contributed by atoms with Crippen LogP contribution < -0.4 is 17.0 Å². The average Bonchev–Trinajstić information content (AvgIpc) is 1.89. The fourth-order valence-electron chi connectivity index (χ4n) is 1.16. The lowest BCUT2D eigenvalue weighted by atomic mass is 10.0. The van der Waals surface area contributed by atoms with E-state index >= 15 is 0 Å². The van der Waals surface area contributed by atoms with Gasteiger partial charge in [-0.2, -0.15) is 0 Å². The second-order valence-corrected chi connectivity index (χ2v) is 2.80. The van der Waals surface area contributed by atoms with Gasteiger partial charge in [0.2, 0.25) is 0 Å². The predicted octanol–water partition coefficient (Wildman–Crippen LogP) is 0.705. The smallest absolute Gasteiger partial charge is 0.0789 e. The lowest BCUT2D eigenvalue weighted by molar-refractivity contribution is 0.288. The molecule has 0 aromatic carbocycles. The summed E-state index contributed by atoms with van der Waals surface area (Å²) in [5.41, 5.74) is 8.21. The minimum absolute atomic E-state index is 0.330. The predicted molar refractivity (Wildman–Crippen MR) is 44.1 cm³/mol. The monoisotopic (exact) mass is 145 g/mol. The molecular formula is C7H19N3. The number of hydrazine groups is 1. The molecule has 0 fully saturated rings. The van der Waals surface area contributed by atoms with Crippen LogP contribution in [0, 0.1) is 0 Å². The SMILES string of the molecule is CCCC(N)(CCC)NN. The lowest BCUT2D eigenvalue weighted by Gasteiger charge is -2.27. The average molecular weight is 145 g/mol. The normalized spacial score (nSPS) is 12.0. The van der Waals surface area contributed by atoms with Crippen LogP contribution >= 0.6 is 0 Å². The Morgan fingerprint density at radius 2 is 1.60 bits per heavy atom.